The van der Waals surface area contributed by atoms with Crippen LogP contribution in [0.1, 0.15) is 37.7 Å². The van der Waals surface area contributed by atoms with Crippen LogP contribution in [0.25, 0.3) is 6.08 Å². The molecule has 3 amide bonds. The lowest BCUT2D eigenvalue weighted by Gasteiger charge is -2.39. The molecule has 0 atom stereocenters. The molecular formula is C24H29Cl2N3O4. The second kappa shape index (κ2) is 10.5. The molecule has 1 spiro atoms. The van der Waals surface area contributed by atoms with Crippen molar-refractivity contribution in [3.8, 4) is 0 Å². The fraction of sp³-hybridized carbons (Fsp3) is 0.542. The summed E-state index contributed by atoms with van der Waals surface area (Å²) >= 11 is 11.9. The number of hydrogen-bond acceptors (Lipinski definition) is 4. The van der Waals surface area contributed by atoms with Crippen LogP contribution in [-0.4, -0.2) is 83.9 Å². The maximum Gasteiger partial charge on any atom is 0.246 e. The first kappa shape index (κ1) is 24.0. The minimum Gasteiger partial charge on any atom is -0.375 e. The van der Waals surface area contributed by atoms with Crippen LogP contribution in [0.5, 0.6) is 0 Å². The largest absolute Gasteiger partial charge is 0.375 e. The quantitative estimate of drug-likeness (QED) is 0.603. The van der Waals surface area contributed by atoms with Gasteiger partial charge in [-0.3, -0.25) is 14.4 Å². The third kappa shape index (κ3) is 5.89. The lowest BCUT2D eigenvalue weighted by molar-refractivity contribution is -0.143. The molecule has 3 aliphatic heterocycles. The predicted octanol–water partition coefficient (Wildman–Crippen LogP) is 3.24. The predicted molar refractivity (Wildman–Crippen MR) is 127 cm³/mol. The van der Waals surface area contributed by atoms with Crippen molar-refractivity contribution in [3.05, 3.63) is 39.9 Å². The molecular weight excluding hydrogens is 465 g/mol. The van der Waals surface area contributed by atoms with Gasteiger partial charge in [-0.1, -0.05) is 29.3 Å². The van der Waals surface area contributed by atoms with Gasteiger partial charge in [-0.25, -0.2) is 0 Å². The lowest BCUT2D eigenvalue weighted by Crippen LogP contribution is -2.50. The first-order valence-electron chi connectivity index (χ1n) is 11.5. The zero-order chi connectivity index (χ0) is 23.4. The van der Waals surface area contributed by atoms with Crippen LogP contribution in [0.3, 0.4) is 0 Å². The van der Waals surface area contributed by atoms with E-state index >= 15 is 0 Å². The summed E-state index contributed by atoms with van der Waals surface area (Å²) in [4.78, 5) is 43.1. The van der Waals surface area contributed by atoms with E-state index in [1.165, 1.54) is 6.08 Å². The Hall–Kier alpha value is -2.09. The highest BCUT2D eigenvalue weighted by Crippen LogP contribution is 2.35. The summed E-state index contributed by atoms with van der Waals surface area (Å²) in [5, 5.41) is 0.878. The van der Waals surface area contributed by atoms with Gasteiger partial charge < -0.3 is 19.4 Å². The Labute approximate surface area is 204 Å². The van der Waals surface area contributed by atoms with Crippen molar-refractivity contribution in [2.75, 3.05) is 45.9 Å². The fourth-order valence-corrected chi connectivity index (χ4v) is 5.03. The Balaban J connectivity index is 1.28. The normalized spacial score (nSPS) is 21.2. The van der Waals surface area contributed by atoms with Crippen LogP contribution in [0.15, 0.2) is 24.3 Å². The zero-order valence-corrected chi connectivity index (χ0v) is 20.1. The molecule has 3 saturated heterocycles. The molecule has 9 heteroatoms. The lowest BCUT2D eigenvalue weighted by atomic mass is 9.88. The van der Waals surface area contributed by atoms with Gasteiger partial charge >= 0.3 is 0 Å². The van der Waals surface area contributed by atoms with Gasteiger partial charge in [-0.15, -0.1) is 0 Å². The highest BCUT2D eigenvalue weighted by atomic mass is 35.5. The number of ether oxygens (including phenoxy) is 1. The number of hydrogen-bond donors (Lipinski definition) is 0. The molecule has 3 heterocycles. The van der Waals surface area contributed by atoms with Crippen molar-refractivity contribution in [1.82, 2.24) is 14.7 Å². The maximum absolute atomic E-state index is 12.8. The topological polar surface area (TPSA) is 70.2 Å². The van der Waals surface area contributed by atoms with Crippen molar-refractivity contribution in [3.63, 3.8) is 0 Å². The number of rotatable bonds is 4. The first-order chi connectivity index (χ1) is 15.8. The molecule has 0 aliphatic carbocycles. The monoisotopic (exact) mass is 493 g/mol. The Bertz CT molecular complexity index is 936. The Morgan fingerprint density at radius 2 is 1.79 bits per heavy atom. The minimum atomic E-state index is -0.181. The van der Waals surface area contributed by atoms with Gasteiger partial charge in [0.05, 0.1) is 22.2 Å². The number of nitrogens with zero attached hydrogens (tertiary/aromatic N) is 3. The van der Waals surface area contributed by atoms with E-state index in [0.717, 1.165) is 37.9 Å². The molecule has 0 aromatic heterocycles. The van der Waals surface area contributed by atoms with Crippen molar-refractivity contribution in [2.45, 2.75) is 37.7 Å². The summed E-state index contributed by atoms with van der Waals surface area (Å²) < 4.78 is 5.93. The molecule has 178 valence electrons. The van der Waals surface area contributed by atoms with Crippen molar-refractivity contribution < 1.29 is 19.1 Å². The van der Waals surface area contributed by atoms with Crippen LogP contribution in [0.2, 0.25) is 10.0 Å². The number of halogens is 2. The number of carbonyl (C=O) groups is 3. The molecule has 0 unspecified atom stereocenters. The van der Waals surface area contributed by atoms with E-state index in [0.29, 0.717) is 42.8 Å². The highest BCUT2D eigenvalue weighted by molar-refractivity contribution is 6.42. The third-order valence-electron chi connectivity index (χ3n) is 6.80. The molecule has 4 rings (SSSR count). The smallest absolute Gasteiger partial charge is 0.246 e. The molecule has 0 N–H and O–H groups in total. The Morgan fingerprint density at radius 1 is 1.00 bits per heavy atom. The van der Waals surface area contributed by atoms with Crippen molar-refractivity contribution in [2.24, 2.45) is 0 Å². The Morgan fingerprint density at radius 3 is 2.48 bits per heavy atom. The number of amides is 3. The summed E-state index contributed by atoms with van der Waals surface area (Å²) in [6, 6.07) is 5.14. The highest BCUT2D eigenvalue weighted by Gasteiger charge is 2.39. The summed E-state index contributed by atoms with van der Waals surface area (Å²) in [6.07, 6.45) is 7.24. The van der Waals surface area contributed by atoms with E-state index in [1.807, 2.05) is 4.90 Å². The minimum absolute atomic E-state index is 0.0320. The molecule has 1 aromatic rings. The third-order valence-corrected chi connectivity index (χ3v) is 7.54. The molecule has 33 heavy (non-hydrogen) atoms. The second-order valence-electron chi connectivity index (χ2n) is 8.91. The zero-order valence-electron chi connectivity index (χ0n) is 18.6. The van der Waals surface area contributed by atoms with E-state index in [1.54, 1.807) is 34.1 Å². The molecule has 0 bridgehead atoms. The molecule has 0 saturated carbocycles. The number of benzene rings is 1. The average molecular weight is 494 g/mol. The average Bonchev–Trinajstić information content (AvgIpc) is 3.18. The van der Waals surface area contributed by atoms with E-state index < -0.39 is 0 Å². The molecule has 0 radical (unpaired) electrons. The van der Waals surface area contributed by atoms with Gasteiger partial charge in [-0.2, -0.15) is 0 Å². The van der Waals surface area contributed by atoms with Crippen LogP contribution < -0.4 is 0 Å². The molecule has 1 aromatic carbocycles. The maximum atomic E-state index is 12.8. The van der Waals surface area contributed by atoms with E-state index in [4.69, 9.17) is 27.9 Å². The summed E-state index contributed by atoms with van der Waals surface area (Å²) in [7, 11) is 0. The van der Waals surface area contributed by atoms with Gasteiger partial charge in [0.1, 0.15) is 0 Å². The van der Waals surface area contributed by atoms with Crippen molar-refractivity contribution in [1.29, 1.82) is 0 Å². The molecule has 3 aliphatic rings. The molecule has 3 fully saturated rings. The Kier molecular flexibility index (Phi) is 7.62. The number of likely N-dealkylation sites (tertiary alicyclic amines) is 1. The van der Waals surface area contributed by atoms with Gasteiger partial charge in [0.25, 0.3) is 0 Å². The van der Waals surface area contributed by atoms with Crippen LogP contribution >= 0.6 is 23.2 Å². The van der Waals surface area contributed by atoms with E-state index in [-0.39, 0.29) is 36.3 Å². The number of piperidine rings is 1. The van der Waals surface area contributed by atoms with Gasteiger partial charge in [0.2, 0.25) is 17.7 Å². The SMILES string of the molecule is O=C(/C=C/c1ccc(Cl)c(Cl)c1)N1CCC(=O)N(CC(=O)N2CCC3(CCCO3)CC2)CC1. The van der Waals surface area contributed by atoms with Crippen LogP contribution in [0.4, 0.5) is 0 Å². The fourth-order valence-electron chi connectivity index (χ4n) is 4.72. The standard InChI is InChI=1S/C24H29Cl2N3O4/c25-19-4-2-18(16-20(19)26)3-5-21(30)27-10-6-22(31)29(14-13-27)17-23(32)28-11-8-24(9-12-28)7-1-15-33-24/h2-5,16H,1,6-15,17H2/b5-3+. The van der Waals surface area contributed by atoms with Crippen LogP contribution in [-0.2, 0) is 19.1 Å². The first-order valence-corrected chi connectivity index (χ1v) is 12.2. The second-order valence-corrected chi connectivity index (χ2v) is 9.73. The van der Waals surface area contributed by atoms with E-state index in [9.17, 15) is 14.4 Å². The summed E-state index contributed by atoms with van der Waals surface area (Å²) in [5.41, 5.74) is 0.725. The van der Waals surface area contributed by atoms with Crippen molar-refractivity contribution >= 4 is 47.0 Å². The van der Waals surface area contributed by atoms with Gasteiger partial charge in [-0.05, 0) is 49.5 Å². The van der Waals surface area contributed by atoms with Gasteiger partial charge in [0.15, 0.2) is 0 Å². The number of carbonyl (C=O) groups excluding carboxylic acids is 3. The van der Waals surface area contributed by atoms with Crippen LogP contribution in [0, 0.1) is 0 Å². The summed E-state index contributed by atoms with van der Waals surface area (Å²) in [5.74, 6) is -0.310. The van der Waals surface area contributed by atoms with E-state index in [2.05, 4.69) is 0 Å². The van der Waals surface area contributed by atoms with Gasteiger partial charge in [0, 0.05) is 51.8 Å². The molecule has 7 nitrogen and oxygen atoms in total. The summed E-state index contributed by atoms with van der Waals surface area (Å²) in [6.45, 7) is 3.29.